The van der Waals surface area contributed by atoms with Crippen molar-refractivity contribution in [2.24, 2.45) is 35.5 Å². The lowest BCUT2D eigenvalue weighted by molar-refractivity contribution is -0.139. The average molecular weight is 428 g/mol. The molecule has 1 aromatic rings. The van der Waals surface area contributed by atoms with Gasteiger partial charge in [-0.1, -0.05) is 20.3 Å². The molecule has 2 heterocycles. The number of nitrogens with zero attached hydrogens (tertiary/aromatic N) is 2. The van der Waals surface area contributed by atoms with Crippen LogP contribution < -0.4 is 15.0 Å². The molecular weight excluding hydrogens is 394 g/mol. The number of nitrogens with one attached hydrogen (secondary N) is 1. The summed E-state index contributed by atoms with van der Waals surface area (Å²) in [7, 11) is 0. The largest absolute Gasteiger partial charge is 0.481 e. The van der Waals surface area contributed by atoms with Crippen molar-refractivity contribution in [1.29, 1.82) is 0 Å². The van der Waals surface area contributed by atoms with Crippen molar-refractivity contribution in [3.8, 4) is 5.88 Å². The highest BCUT2D eigenvalue weighted by molar-refractivity contribution is 5.97. The van der Waals surface area contributed by atoms with E-state index in [4.69, 9.17) is 9.72 Å². The second kappa shape index (κ2) is 7.99. The van der Waals surface area contributed by atoms with Gasteiger partial charge in [-0.25, -0.2) is 0 Å². The van der Waals surface area contributed by atoms with Gasteiger partial charge in [-0.3, -0.25) is 9.59 Å². The zero-order valence-electron chi connectivity index (χ0n) is 18.4. The highest BCUT2D eigenvalue weighted by atomic mass is 16.5. The monoisotopic (exact) mass is 427 g/mol. The van der Waals surface area contributed by atoms with E-state index in [1.165, 1.54) is 19.3 Å². The molecule has 7 heteroatoms. The summed E-state index contributed by atoms with van der Waals surface area (Å²) in [4.78, 5) is 31.2. The zero-order valence-corrected chi connectivity index (χ0v) is 18.4. The Labute approximate surface area is 183 Å². The van der Waals surface area contributed by atoms with Gasteiger partial charge in [0.05, 0.1) is 12.5 Å². The number of amides is 1. The lowest BCUT2D eigenvalue weighted by Gasteiger charge is -2.24. The van der Waals surface area contributed by atoms with Crippen molar-refractivity contribution in [2.75, 3.05) is 24.6 Å². The Hall–Kier alpha value is -2.31. The molecule has 1 aliphatic heterocycles. The van der Waals surface area contributed by atoms with Gasteiger partial charge in [0, 0.05) is 19.1 Å². The van der Waals surface area contributed by atoms with E-state index in [2.05, 4.69) is 24.1 Å². The predicted octanol–water partition coefficient (Wildman–Crippen LogP) is 3.19. The number of carbonyl (C=O) groups is 2. The number of carboxylic acids is 1. The first kappa shape index (κ1) is 20.6. The van der Waals surface area contributed by atoms with E-state index in [-0.39, 0.29) is 29.7 Å². The number of ether oxygens (including phenoxy) is 1. The molecule has 3 aliphatic carbocycles. The molecule has 0 radical (unpaired) electrons. The van der Waals surface area contributed by atoms with Crippen LogP contribution >= 0.6 is 0 Å². The van der Waals surface area contributed by atoms with Gasteiger partial charge in [0.15, 0.2) is 0 Å². The number of rotatable bonds is 8. The minimum absolute atomic E-state index is 0.0913. The topological polar surface area (TPSA) is 91.8 Å². The maximum atomic E-state index is 13.1. The number of anilines is 1. The SMILES string of the molecule is CC(C)CCOc1nc(N2C[C@@H]3C(C(=O)O)[C@@H]3C2)ccc1C(=O)NC1CC2CCC1C2. The number of aromatic nitrogens is 1. The fraction of sp³-hybridized carbons (Fsp3) is 0.708. The summed E-state index contributed by atoms with van der Waals surface area (Å²) in [5.41, 5.74) is 0.503. The van der Waals surface area contributed by atoms with E-state index in [0.29, 0.717) is 43.0 Å². The van der Waals surface area contributed by atoms with Crippen molar-refractivity contribution < 1.29 is 19.4 Å². The summed E-state index contributed by atoms with van der Waals surface area (Å²) >= 11 is 0. The van der Waals surface area contributed by atoms with Gasteiger partial charge < -0.3 is 20.1 Å². The van der Waals surface area contributed by atoms with Gasteiger partial charge in [-0.05, 0) is 67.4 Å². The third-order valence-electron chi connectivity index (χ3n) is 7.88. The zero-order chi connectivity index (χ0) is 21.7. The number of fused-ring (bicyclic) bond motifs is 3. The molecule has 6 atom stereocenters. The first-order chi connectivity index (χ1) is 14.9. The van der Waals surface area contributed by atoms with E-state index >= 15 is 0 Å². The Morgan fingerprint density at radius 3 is 2.61 bits per heavy atom. The molecular formula is C24H33N3O4. The highest BCUT2D eigenvalue weighted by Crippen LogP contribution is 2.52. The molecule has 3 saturated carbocycles. The second-order valence-corrected chi connectivity index (χ2v) is 10.4. The Balaban J connectivity index is 1.30. The molecule has 0 spiro atoms. The molecule has 5 rings (SSSR count). The third kappa shape index (κ3) is 3.99. The minimum Gasteiger partial charge on any atom is -0.481 e. The molecule has 1 saturated heterocycles. The van der Waals surface area contributed by atoms with Crippen LogP contribution in [0.3, 0.4) is 0 Å². The molecule has 4 unspecified atom stereocenters. The van der Waals surface area contributed by atoms with Crippen LogP contribution in [0.2, 0.25) is 0 Å². The lowest BCUT2D eigenvalue weighted by atomic mass is 9.95. The van der Waals surface area contributed by atoms with Crippen LogP contribution in [0.25, 0.3) is 0 Å². The molecule has 2 N–H and O–H groups in total. The Kier molecular flexibility index (Phi) is 5.30. The molecule has 1 aromatic heterocycles. The summed E-state index contributed by atoms with van der Waals surface area (Å²) in [6.07, 6.45) is 5.76. The van der Waals surface area contributed by atoms with E-state index in [1.54, 1.807) is 0 Å². The summed E-state index contributed by atoms with van der Waals surface area (Å²) in [5.74, 6) is 2.51. The minimum atomic E-state index is -0.687. The van der Waals surface area contributed by atoms with E-state index < -0.39 is 5.97 Å². The average Bonchev–Trinajstić information content (AvgIpc) is 3.12. The van der Waals surface area contributed by atoms with Crippen LogP contribution in [0.1, 0.15) is 56.3 Å². The smallest absolute Gasteiger partial charge is 0.307 e. The summed E-state index contributed by atoms with van der Waals surface area (Å²) < 4.78 is 6.00. The van der Waals surface area contributed by atoms with Gasteiger partial charge in [0.25, 0.3) is 5.91 Å². The predicted molar refractivity (Wildman–Crippen MR) is 116 cm³/mol. The molecule has 4 fully saturated rings. The van der Waals surface area contributed by atoms with Crippen LogP contribution in [-0.2, 0) is 4.79 Å². The number of pyridine rings is 1. The lowest BCUT2D eigenvalue weighted by Crippen LogP contribution is -2.38. The third-order valence-corrected chi connectivity index (χ3v) is 7.88. The van der Waals surface area contributed by atoms with Crippen LogP contribution in [-0.4, -0.2) is 47.7 Å². The fourth-order valence-electron chi connectivity index (χ4n) is 6.03. The van der Waals surface area contributed by atoms with Gasteiger partial charge in [-0.2, -0.15) is 4.98 Å². The normalized spacial score (nSPS) is 32.9. The Morgan fingerprint density at radius 1 is 1.23 bits per heavy atom. The van der Waals surface area contributed by atoms with Crippen LogP contribution in [0, 0.1) is 35.5 Å². The molecule has 2 bridgehead atoms. The van der Waals surface area contributed by atoms with Crippen LogP contribution in [0.4, 0.5) is 5.82 Å². The molecule has 4 aliphatic rings. The fourth-order valence-corrected chi connectivity index (χ4v) is 6.03. The summed E-state index contributed by atoms with van der Waals surface area (Å²) in [5, 5.41) is 12.5. The van der Waals surface area contributed by atoms with Crippen molar-refractivity contribution in [1.82, 2.24) is 10.3 Å². The van der Waals surface area contributed by atoms with Crippen molar-refractivity contribution in [3.05, 3.63) is 17.7 Å². The number of hydrogen-bond donors (Lipinski definition) is 2. The first-order valence-corrected chi connectivity index (χ1v) is 11.8. The van der Waals surface area contributed by atoms with Crippen molar-refractivity contribution in [3.63, 3.8) is 0 Å². The van der Waals surface area contributed by atoms with E-state index in [9.17, 15) is 14.7 Å². The summed E-state index contributed by atoms with van der Waals surface area (Å²) in [6, 6.07) is 3.98. The number of piperidine rings is 1. The first-order valence-electron chi connectivity index (χ1n) is 11.8. The van der Waals surface area contributed by atoms with Gasteiger partial charge in [-0.15, -0.1) is 0 Å². The quantitative estimate of drug-likeness (QED) is 0.662. The molecule has 1 amide bonds. The maximum absolute atomic E-state index is 13.1. The number of carboxylic acid groups (broad SMARTS) is 1. The number of hydrogen-bond acceptors (Lipinski definition) is 5. The highest BCUT2D eigenvalue weighted by Gasteiger charge is 2.60. The Morgan fingerprint density at radius 2 is 2.00 bits per heavy atom. The van der Waals surface area contributed by atoms with Gasteiger partial charge in [0.1, 0.15) is 11.4 Å². The van der Waals surface area contributed by atoms with Crippen molar-refractivity contribution in [2.45, 2.75) is 52.0 Å². The second-order valence-electron chi connectivity index (χ2n) is 10.4. The number of aliphatic carboxylic acids is 1. The van der Waals surface area contributed by atoms with E-state index in [0.717, 1.165) is 24.6 Å². The molecule has 168 valence electrons. The maximum Gasteiger partial charge on any atom is 0.307 e. The van der Waals surface area contributed by atoms with Gasteiger partial charge >= 0.3 is 5.97 Å². The van der Waals surface area contributed by atoms with E-state index in [1.807, 2.05) is 12.1 Å². The molecule has 0 aromatic carbocycles. The molecule has 7 nitrogen and oxygen atoms in total. The molecule has 31 heavy (non-hydrogen) atoms. The van der Waals surface area contributed by atoms with Crippen LogP contribution in [0.15, 0.2) is 12.1 Å². The Bertz CT molecular complexity index is 860. The van der Waals surface area contributed by atoms with Gasteiger partial charge in [0.2, 0.25) is 5.88 Å². The number of carbonyl (C=O) groups excluding carboxylic acids is 1. The standard InChI is InChI=1S/C24H33N3O4/c1-13(2)7-8-31-23-16(22(28)25-19-10-14-3-4-15(19)9-14)5-6-20(26-23)27-11-17-18(12-27)21(17)24(29)30/h5-6,13-15,17-19,21H,3-4,7-12H2,1-2H3,(H,25,28)(H,29,30)/t14?,15?,17-,18+,19?,21?. The summed E-state index contributed by atoms with van der Waals surface area (Å²) in [6.45, 7) is 6.22. The van der Waals surface area contributed by atoms with Crippen molar-refractivity contribution >= 4 is 17.7 Å². The van der Waals surface area contributed by atoms with Crippen LogP contribution in [0.5, 0.6) is 5.88 Å².